The van der Waals surface area contributed by atoms with Crippen LogP contribution in [0.2, 0.25) is 0 Å². The number of fused-ring (bicyclic) bond motifs is 11. The summed E-state index contributed by atoms with van der Waals surface area (Å²) in [5.41, 5.74) is 8.41. The quantitative estimate of drug-likeness (QED) is 0.186. The summed E-state index contributed by atoms with van der Waals surface area (Å²) >= 11 is 0. The fraction of sp³-hybridized carbons (Fsp3) is 0. The van der Waals surface area contributed by atoms with Crippen LogP contribution in [-0.4, -0.2) is 9.55 Å². The summed E-state index contributed by atoms with van der Waals surface area (Å²) in [6, 6.07) is 57.8. The first kappa shape index (κ1) is 26.0. The van der Waals surface area contributed by atoms with Gasteiger partial charge in [-0.15, -0.1) is 0 Å². The van der Waals surface area contributed by atoms with Crippen LogP contribution in [0.1, 0.15) is 0 Å². The van der Waals surface area contributed by atoms with Crippen LogP contribution >= 0.6 is 0 Å². The lowest BCUT2D eigenvalue weighted by molar-refractivity contribution is 1.19. The molecule has 0 fully saturated rings. The van der Waals surface area contributed by atoms with E-state index in [9.17, 15) is 0 Å². The molecule has 2 heteroatoms. The van der Waals surface area contributed by atoms with Crippen LogP contribution in [0.25, 0.3) is 92.8 Å². The molecule has 47 heavy (non-hydrogen) atoms. The predicted octanol–water partition coefficient (Wildman–Crippen LogP) is 12.1. The molecule has 0 radical (unpaired) electrons. The van der Waals surface area contributed by atoms with E-state index in [1.165, 1.54) is 81.6 Å². The molecule has 0 saturated carbocycles. The topological polar surface area (TPSA) is 17.8 Å². The number of para-hydroxylation sites is 1. The van der Waals surface area contributed by atoms with Gasteiger partial charge in [0.2, 0.25) is 0 Å². The van der Waals surface area contributed by atoms with Crippen LogP contribution in [0, 0.1) is 0 Å². The minimum atomic E-state index is 1.14. The van der Waals surface area contributed by atoms with Crippen molar-refractivity contribution in [3.05, 3.63) is 170 Å². The smallest absolute Gasteiger partial charge is 0.0632 e. The lowest BCUT2D eigenvalue weighted by atomic mass is 9.88. The zero-order valence-electron chi connectivity index (χ0n) is 25.6. The monoisotopic (exact) mass is 596 g/mol. The van der Waals surface area contributed by atoms with Gasteiger partial charge in [-0.2, -0.15) is 0 Å². The molecule has 218 valence electrons. The molecule has 0 amide bonds. The van der Waals surface area contributed by atoms with E-state index in [2.05, 4.69) is 167 Å². The maximum Gasteiger partial charge on any atom is 0.0632 e. The number of rotatable bonds is 3. The second-order valence-corrected chi connectivity index (χ2v) is 12.4. The summed E-state index contributed by atoms with van der Waals surface area (Å²) in [6.45, 7) is 0. The molecule has 0 aliphatic carbocycles. The zero-order chi connectivity index (χ0) is 30.9. The van der Waals surface area contributed by atoms with Crippen molar-refractivity contribution >= 4 is 64.9 Å². The van der Waals surface area contributed by atoms with Gasteiger partial charge in [0, 0.05) is 34.2 Å². The van der Waals surface area contributed by atoms with Crippen molar-refractivity contribution in [3.63, 3.8) is 0 Å². The van der Waals surface area contributed by atoms with Crippen molar-refractivity contribution in [1.29, 1.82) is 0 Å². The van der Waals surface area contributed by atoms with Crippen molar-refractivity contribution in [1.82, 2.24) is 9.55 Å². The van der Waals surface area contributed by atoms with Gasteiger partial charge in [-0.3, -0.25) is 4.98 Å². The number of hydrogen-bond acceptors (Lipinski definition) is 1. The molecule has 0 saturated heterocycles. The third kappa shape index (κ3) is 3.89. The molecule has 10 aromatic rings. The van der Waals surface area contributed by atoms with Crippen LogP contribution in [-0.2, 0) is 0 Å². The number of nitrogens with zero attached hydrogens (tertiary/aromatic N) is 2. The first-order valence-corrected chi connectivity index (χ1v) is 16.1. The van der Waals surface area contributed by atoms with Gasteiger partial charge in [0.05, 0.1) is 11.0 Å². The minimum Gasteiger partial charge on any atom is -0.309 e. The van der Waals surface area contributed by atoms with Crippen molar-refractivity contribution in [2.45, 2.75) is 0 Å². The molecular formula is C45H28N2. The number of aromatic nitrogens is 2. The first-order valence-electron chi connectivity index (χ1n) is 16.1. The van der Waals surface area contributed by atoms with Gasteiger partial charge < -0.3 is 4.57 Å². The van der Waals surface area contributed by atoms with Gasteiger partial charge in [0.1, 0.15) is 0 Å². The Balaban J connectivity index is 1.40. The second-order valence-electron chi connectivity index (χ2n) is 12.4. The van der Waals surface area contributed by atoms with E-state index in [4.69, 9.17) is 0 Å². The van der Waals surface area contributed by atoms with Crippen LogP contribution in [0.15, 0.2) is 170 Å². The summed E-state index contributed by atoms with van der Waals surface area (Å²) < 4.78 is 2.49. The molecule has 0 aliphatic rings. The highest BCUT2D eigenvalue weighted by molar-refractivity contribution is 6.37. The van der Waals surface area contributed by atoms with Gasteiger partial charge in [0.25, 0.3) is 0 Å². The Kier molecular flexibility index (Phi) is 5.61. The predicted molar refractivity (Wildman–Crippen MR) is 199 cm³/mol. The van der Waals surface area contributed by atoms with E-state index in [0.29, 0.717) is 0 Å². The van der Waals surface area contributed by atoms with E-state index in [1.807, 2.05) is 12.4 Å². The van der Waals surface area contributed by atoms with Crippen LogP contribution in [0.4, 0.5) is 0 Å². The maximum atomic E-state index is 4.26. The average Bonchev–Trinajstić information content (AvgIpc) is 3.50. The molecule has 0 bridgehead atoms. The van der Waals surface area contributed by atoms with Crippen molar-refractivity contribution in [2.75, 3.05) is 0 Å². The molecule has 2 heterocycles. The van der Waals surface area contributed by atoms with Crippen LogP contribution in [0.5, 0.6) is 0 Å². The number of hydrogen-bond donors (Lipinski definition) is 0. The summed E-state index contributed by atoms with van der Waals surface area (Å²) in [4.78, 5) is 4.26. The summed E-state index contributed by atoms with van der Waals surface area (Å²) in [5, 5.41) is 12.7. The lowest BCUT2D eigenvalue weighted by Crippen LogP contribution is -1.96. The Bertz CT molecular complexity index is 2840. The van der Waals surface area contributed by atoms with E-state index in [0.717, 1.165) is 11.3 Å². The summed E-state index contributed by atoms with van der Waals surface area (Å²) in [7, 11) is 0. The largest absolute Gasteiger partial charge is 0.309 e. The fourth-order valence-electron chi connectivity index (χ4n) is 7.76. The second kappa shape index (κ2) is 10.1. The van der Waals surface area contributed by atoms with Crippen molar-refractivity contribution < 1.29 is 0 Å². The van der Waals surface area contributed by atoms with E-state index < -0.39 is 0 Å². The molecule has 0 aliphatic heterocycles. The lowest BCUT2D eigenvalue weighted by Gasteiger charge is -2.17. The van der Waals surface area contributed by atoms with Gasteiger partial charge >= 0.3 is 0 Å². The third-order valence-electron chi connectivity index (χ3n) is 9.82. The van der Waals surface area contributed by atoms with Crippen LogP contribution < -0.4 is 0 Å². The highest BCUT2D eigenvalue weighted by Gasteiger charge is 2.22. The zero-order valence-corrected chi connectivity index (χ0v) is 25.6. The Morgan fingerprint density at radius 3 is 1.87 bits per heavy atom. The molecule has 8 aromatic carbocycles. The Morgan fingerprint density at radius 1 is 0.383 bits per heavy atom. The molecular weight excluding hydrogens is 569 g/mol. The molecule has 0 N–H and O–H groups in total. The molecule has 0 spiro atoms. The highest BCUT2D eigenvalue weighted by atomic mass is 15.0. The minimum absolute atomic E-state index is 1.14. The van der Waals surface area contributed by atoms with E-state index in [-0.39, 0.29) is 0 Å². The van der Waals surface area contributed by atoms with Crippen molar-refractivity contribution in [2.24, 2.45) is 0 Å². The van der Waals surface area contributed by atoms with Gasteiger partial charge in [-0.1, -0.05) is 115 Å². The molecule has 10 rings (SSSR count). The average molecular weight is 597 g/mol. The summed E-state index contributed by atoms with van der Waals surface area (Å²) in [6.07, 6.45) is 3.72. The fourth-order valence-corrected chi connectivity index (χ4v) is 7.76. The summed E-state index contributed by atoms with van der Waals surface area (Å²) in [5.74, 6) is 0. The Morgan fingerprint density at radius 2 is 1.04 bits per heavy atom. The molecule has 0 unspecified atom stereocenters. The molecule has 2 aromatic heterocycles. The van der Waals surface area contributed by atoms with Gasteiger partial charge in [-0.05, 0) is 102 Å². The molecule has 0 atom stereocenters. The SMILES string of the molecule is c1cc(-c2ccncc2)cc(-n2c3ccccc3c3c4ccccc4c4cc(-c5ccc6ccccc6c5)c5ccccc5c4c32)c1. The Labute approximate surface area is 271 Å². The molecule has 2 nitrogen and oxygen atoms in total. The standard InChI is InChI=1S/C45H28N2/c1-2-11-31-26-33(21-20-29(31)10-1)40-28-41-36-15-4-6-17-38(36)43-39-18-7-8-19-42(39)47(45(43)44(41)37-16-5-3-14-35(37)40)34-13-9-12-32(27-34)30-22-24-46-25-23-30/h1-28H. The first-order chi connectivity index (χ1) is 23.3. The van der Waals surface area contributed by atoms with Crippen molar-refractivity contribution in [3.8, 4) is 27.9 Å². The number of pyridine rings is 1. The van der Waals surface area contributed by atoms with E-state index >= 15 is 0 Å². The normalized spacial score (nSPS) is 11.8. The Hall–Kier alpha value is -6.25. The van der Waals surface area contributed by atoms with Gasteiger partial charge in [-0.25, -0.2) is 0 Å². The highest BCUT2D eigenvalue weighted by Crippen LogP contribution is 2.47. The van der Waals surface area contributed by atoms with E-state index in [1.54, 1.807) is 0 Å². The third-order valence-corrected chi connectivity index (χ3v) is 9.82. The van der Waals surface area contributed by atoms with Crippen LogP contribution in [0.3, 0.4) is 0 Å². The maximum absolute atomic E-state index is 4.26. The van der Waals surface area contributed by atoms with Gasteiger partial charge in [0.15, 0.2) is 0 Å². The number of benzene rings is 8.